The van der Waals surface area contributed by atoms with Gasteiger partial charge in [-0.05, 0) is 186 Å². The Hall–Kier alpha value is -2.75. The molecule has 0 amide bonds. The highest BCUT2D eigenvalue weighted by Crippen LogP contribution is 2.24. The van der Waals surface area contributed by atoms with Crippen molar-refractivity contribution in [3.05, 3.63) is 122 Å². The van der Waals surface area contributed by atoms with Gasteiger partial charge in [0.05, 0.1) is 24.4 Å². The van der Waals surface area contributed by atoms with Gasteiger partial charge in [-0.1, -0.05) is 274 Å². The molecule has 1 heterocycles. The van der Waals surface area contributed by atoms with Gasteiger partial charge in [-0.2, -0.15) is 0 Å². The molecule has 1 aliphatic rings. The van der Waals surface area contributed by atoms with Gasteiger partial charge >= 0.3 is 5.97 Å². The Morgan fingerprint density at radius 3 is 1.00 bits per heavy atom. The zero-order valence-corrected chi connectivity index (χ0v) is 66.9. The third-order valence-corrected chi connectivity index (χ3v) is 21.2. The number of aliphatic hydroxyl groups excluding tert-OH is 4. The Kier molecular flexibility index (Phi) is 73.7. The van der Waals surface area contributed by atoms with Crippen LogP contribution in [0.15, 0.2) is 122 Å². The topological polar surface area (TPSA) is 120 Å². The van der Waals surface area contributed by atoms with E-state index in [0.29, 0.717) is 52.2 Å². The van der Waals surface area contributed by atoms with Gasteiger partial charge in [0.25, 0.3) is 0 Å². The molecule has 0 aliphatic carbocycles. The molecule has 578 valence electrons. The zero-order valence-electron chi connectivity index (χ0n) is 65.3. The number of unbranched alkanes of at least 4 members (excludes halogenated alkanes) is 23. The lowest BCUT2D eigenvalue weighted by atomic mass is 10.1. The third kappa shape index (κ3) is 69.6. The molecular weight excluding hydrogens is 1270 g/mol. The van der Waals surface area contributed by atoms with E-state index in [-0.39, 0.29) is 18.2 Å². The van der Waals surface area contributed by atoms with Crippen LogP contribution in [0, 0.1) is 0 Å². The molecule has 0 spiro atoms. The molecule has 0 aromatic heterocycles. The van der Waals surface area contributed by atoms with Crippen LogP contribution < -0.4 is 0 Å². The summed E-state index contributed by atoms with van der Waals surface area (Å²) in [4.78, 5) is 22.5. The Bertz CT molecular complexity index is 1940. The molecule has 100 heavy (non-hydrogen) atoms. The van der Waals surface area contributed by atoms with Crippen molar-refractivity contribution in [3.8, 4) is 0 Å². The van der Waals surface area contributed by atoms with Gasteiger partial charge in [0, 0.05) is 83.4 Å². The van der Waals surface area contributed by atoms with Crippen molar-refractivity contribution < 1.29 is 30.0 Å². The number of allylic oxidation sites excluding steroid dienone is 20. The monoisotopic (exact) mass is 1430 g/mol. The summed E-state index contributed by atoms with van der Waals surface area (Å²) in [5.74, 6) is 2.06. The van der Waals surface area contributed by atoms with Crippen LogP contribution in [-0.2, 0) is 9.53 Å². The summed E-state index contributed by atoms with van der Waals surface area (Å²) in [7, 11) is 3.96. The number of nitrogens with zero attached hydrogens (tertiary/aromatic N) is 4. The molecule has 4 N–H and O–H groups in total. The van der Waals surface area contributed by atoms with Crippen LogP contribution in [0.25, 0.3) is 0 Å². The highest BCUT2D eigenvalue weighted by Gasteiger charge is 2.20. The average Bonchev–Trinajstić information content (AvgIpc) is 1.08. The number of piperazine rings is 1. The Morgan fingerprint density at radius 1 is 0.350 bits per heavy atom. The first-order chi connectivity index (χ1) is 49.2. The van der Waals surface area contributed by atoms with Gasteiger partial charge < -0.3 is 25.2 Å². The van der Waals surface area contributed by atoms with E-state index in [0.717, 1.165) is 224 Å². The van der Waals surface area contributed by atoms with Gasteiger partial charge in [-0.3, -0.25) is 24.4 Å². The Labute approximate surface area is 626 Å². The second-order valence-corrected chi connectivity index (χ2v) is 31.1. The molecule has 0 bridgehead atoms. The van der Waals surface area contributed by atoms with Crippen molar-refractivity contribution >= 4 is 27.6 Å². The SMILES string of the molecule is CC/C=C\C/C=C\C/C=C\CCCCCCC(O)CN(CCCCSSCCN1CCN(CCOC(=O)CCCN(CC(O)CCCCCC/C=C\C/C=C\CCCCC)CC(O)CCCCCC/C=C\C/C=C\CCCCC)CC1)CC(O)CCCCCC/C=C\C/C=C\C/C=C\CC. The first kappa shape index (κ1) is 95.3. The van der Waals surface area contributed by atoms with E-state index in [1.165, 1.54) is 103 Å². The fraction of sp³-hybridized carbons (Fsp3) is 0.761. The highest BCUT2D eigenvalue weighted by molar-refractivity contribution is 8.76. The van der Waals surface area contributed by atoms with Gasteiger partial charge in [0.15, 0.2) is 0 Å². The predicted octanol–water partition coefficient (Wildman–Crippen LogP) is 22.4. The van der Waals surface area contributed by atoms with Crippen molar-refractivity contribution in [2.45, 2.75) is 335 Å². The second kappa shape index (κ2) is 77.4. The zero-order chi connectivity index (χ0) is 72.2. The average molecular weight is 1430 g/mol. The van der Waals surface area contributed by atoms with Crippen molar-refractivity contribution in [3.63, 3.8) is 0 Å². The van der Waals surface area contributed by atoms with E-state index < -0.39 is 12.2 Å². The van der Waals surface area contributed by atoms with Crippen molar-refractivity contribution in [2.24, 2.45) is 0 Å². The number of aliphatic hydroxyl groups is 4. The normalized spacial score (nSPS) is 15.3. The molecule has 0 aromatic rings. The van der Waals surface area contributed by atoms with Crippen molar-refractivity contribution in [1.29, 1.82) is 0 Å². The van der Waals surface area contributed by atoms with Crippen LogP contribution in [0.4, 0.5) is 0 Å². The fourth-order valence-corrected chi connectivity index (χ4v) is 14.7. The van der Waals surface area contributed by atoms with Gasteiger partial charge in [0.2, 0.25) is 0 Å². The molecule has 12 heteroatoms. The van der Waals surface area contributed by atoms with E-state index in [4.69, 9.17) is 4.74 Å². The molecule has 4 atom stereocenters. The van der Waals surface area contributed by atoms with E-state index in [1.54, 1.807) is 0 Å². The van der Waals surface area contributed by atoms with Crippen LogP contribution in [0.5, 0.6) is 0 Å². The maximum absolute atomic E-state index is 13.0. The Balaban J connectivity index is 2.48. The number of hydrogen-bond acceptors (Lipinski definition) is 12. The third-order valence-electron chi connectivity index (χ3n) is 18.7. The minimum atomic E-state index is -0.445. The van der Waals surface area contributed by atoms with E-state index in [2.05, 4.69) is 169 Å². The lowest BCUT2D eigenvalue weighted by molar-refractivity contribution is -0.144. The minimum Gasteiger partial charge on any atom is -0.464 e. The van der Waals surface area contributed by atoms with E-state index in [1.807, 2.05) is 21.6 Å². The van der Waals surface area contributed by atoms with Crippen LogP contribution >= 0.6 is 21.6 Å². The summed E-state index contributed by atoms with van der Waals surface area (Å²) >= 11 is 0. The molecule has 1 saturated heterocycles. The maximum atomic E-state index is 13.0. The van der Waals surface area contributed by atoms with Gasteiger partial charge in [-0.25, -0.2) is 0 Å². The number of esters is 1. The Morgan fingerprint density at radius 2 is 0.650 bits per heavy atom. The number of carbonyl (C=O) groups excluding carboxylic acids is 1. The fourth-order valence-electron chi connectivity index (χ4n) is 12.6. The van der Waals surface area contributed by atoms with Crippen molar-refractivity contribution in [2.75, 3.05) is 96.6 Å². The first-order valence-electron chi connectivity index (χ1n) is 41.7. The number of carbonyl (C=O) groups is 1. The number of ether oxygens (including phenoxy) is 1. The highest BCUT2D eigenvalue weighted by atomic mass is 33.1. The lowest BCUT2D eigenvalue weighted by Gasteiger charge is -2.34. The van der Waals surface area contributed by atoms with E-state index in [9.17, 15) is 25.2 Å². The molecular formula is C88H158N4O6S2. The standard InChI is InChI=1S/C88H158N4O6S2/c1-5-9-13-17-21-25-29-33-37-41-45-49-53-57-64-84(93)80-91(81-85(94)65-58-54-50-46-42-38-34-30-26-22-18-14-10-6-2)69-61-62-78-99-100-79-76-90-73-71-89(72-74-90)75-77-98-88(97)68-63-70-92(82-86(95)66-59-55-51-47-43-39-35-31-27-23-19-15-11-7-3)83-87(96)67-60-56-52-48-44-40-36-32-28-24-20-16-12-8-4/h9-10,13-14,21-28,33-40,84-87,93-96H,5-8,11-12,15-20,29-32,41-83H2,1-4H3/b13-9-,14-10-,25-21-,26-22-,27-23-,28-24-,37-33-,38-34-,39-35-,40-36-. The summed E-state index contributed by atoms with van der Waals surface area (Å²) in [6.07, 6.45) is 91.5. The number of rotatable bonds is 74. The number of hydrogen-bond donors (Lipinski definition) is 4. The smallest absolute Gasteiger partial charge is 0.305 e. The summed E-state index contributed by atoms with van der Waals surface area (Å²) in [5.41, 5.74) is 0. The molecule has 1 aliphatic heterocycles. The van der Waals surface area contributed by atoms with E-state index >= 15 is 0 Å². The predicted molar refractivity (Wildman–Crippen MR) is 443 cm³/mol. The molecule has 0 aromatic carbocycles. The molecule has 4 unspecified atom stereocenters. The molecule has 10 nitrogen and oxygen atoms in total. The minimum absolute atomic E-state index is 0.157. The first-order valence-corrected chi connectivity index (χ1v) is 44.2. The lowest BCUT2D eigenvalue weighted by Crippen LogP contribution is -2.47. The summed E-state index contributed by atoms with van der Waals surface area (Å²) in [5, 5.41) is 44.8. The van der Waals surface area contributed by atoms with Crippen LogP contribution in [0.1, 0.15) is 310 Å². The molecule has 1 rings (SSSR count). The van der Waals surface area contributed by atoms with Gasteiger partial charge in [0.1, 0.15) is 6.61 Å². The van der Waals surface area contributed by atoms with Crippen LogP contribution in [0.2, 0.25) is 0 Å². The van der Waals surface area contributed by atoms with Crippen LogP contribution in [-0.4, -0.2) is 167 Å². The van der Waals surface area contributed by atoms with Crippen molar-refractivity contribution in [1.82, 2.24) is 19.6 Å². The van der Waals surface area contributed by atoms with Gasteiger partial charge in [-0.15, -0.1) is 0 Å². The molecule has 0 saturated carbocycles. The quantitative estimate of drug-likeness (QED) is 0.0201. The summed E-state index contributed by atoms with van der Waals surface area (Å²) < 4.78 is 5.78. The summed E-state index contributed by atoms with van der Waals surface area (Å²) in [6, 6.07) is 0. The molecule has 0 radical (unpaired) electrons. The largest absolute Gasteiger partial charge is 0.464 e. The summed E-state index contributed by atoms with van der Waals surface area (Å²) in [6.45, 7) is 19.1. The second-order valence-electron chi connectivity index (χ2n) is 28.4. The molecule has 1 fully saturated rings. The van der Waals surface area contributed by atoms with Crippen LogP contribution in [0.3, 0.4) is 0 Å². The maximum Gasteiger partial charge on any atom is 0.305 e.